The van der Waals surface area contributed by atoms with Crippen molar-refractivity contribution in [3.8, 4) is 0 Å². The molecule has 1 fully saturated rings. The highest BCUT2D eigenvalue weighted by Crippen LogP contribution is 2.46. The molecule has 116 valence electrons. The van der Waals surface area contributed by atoms with E-state index in [9.17, 15) is 0 Å². The molecule has 0 aliphatic heterocycles. The highest BCUT2D eigenvalue weighted by atomic mass is 32.1. The van der Waals surface area contributed by atoms with E-state index in [-0.39, 0.29) is 0 Å². The zero-order chi connectivity index (χ0) is 14.9. The first kappa shape index (κ1) is 15.0. The van der Waals surface area contributed by atoms with Crippen LogP contribution in [0.3, 0.4) is 0 Å². The average Bonchev–Trinajstić information content (AvgIpc) is 3.10. The molecule has 1 atom stereocenters. The van der Waals surface area contributed by atoms with Gasteiger partial charge in [0.25, 0.3) is 0 Å². The fraction of sp³-hybridized carbons (Fsp3) is 0.688. The van der Waals surface area contributed by atoms with Gasteiger partial charge in [-0.05, 0) is 30.6 Å². The van der Waals surface area contributed by atoms with Gasteiger partial charge in [-0.3, -0.25) is 15.7 Å². The van der Waals surface area contributed by atoms with Crippen molar-refractivity contribution in [2.75, 3.05) is 0 Å². The number of hydrogen-bond acceptors (Lipinski definition) is 4. The molecule has 0 amide bonds. The maximum absolute atomic E-state index is 5.95. The fourth-order valence-corrected chi connectivity index (χ4v) is 4.84. The molecule has 2 heterocycles. The summed E-state index contributed by atoms with van der Waals surface area (Å²) in [4.78, 5) is 5.80. The van der Waals surface area contributed by atoms with Crippen LogP contribution in [0, 0.1) is 11.3 Å². The molecule has 1 aliphatic carbocycles. The first-order valence-corrected chi connectivity index (χ1v) is 8.88. The van der Waals surface area contributed by atoms with Gasteiger partial charge in [0.15, 0.2) is 4.96 Å². The maximum atomic E-state index is 5.95. The smallest absolute Gasteiger partial charge is 0.193 e. The summed E-state index contributed by atoms with van der Waals surface area (Å²) < 4.78 is 2.11. The molecule has 1 saturated carbocycles. The molecule has 5 heteroatoms. The third kappa shape index (κ3) is 3.00. The number of hydrazine groups is 1. The third-order valence-corrected chi connectivity index (χ3v) is 5.68. The molecular weight excluding hydrogens is 280 g/mol. The Morgan fingerprint density at radius 2 is 2.19 bits per heavy atom. The lowest BCUT2D eigenvalue weighted by molar-refractivity contribution is 0.153. The van der Waals surface area contributed by atoms with Crippen LogP contribution in [-0.2, 0) is 6.42 Å². The second-order valence-corrected chi connectivity index (χ2v) is 7.79. The van der Waals surface area contributed by atoms with Crippen molar-refractivity contribution in [2.24, 2.45) is 17.2 Å². The molecule has 1 unspecified atom stereocenters. The lowest BCUT2D eigenvalue weighted by Crippen LogP contribution is -2.49. The second-order valence-electron chi connectivity index (χ2n) is 6.92. The Kier molecular flexibility index (Phi) is 4.33. The Bertz CT molecular complexity index is 551. The van der Waals surface area contributed by atoms with Gasteiger partial charge in [0, 0.05) is 30.2 Å². The van der Waals surface area contributed by atoms with E-state index < -0.39 is 0 Å². The fourth-order valence-electron chi connectivity index (χ4n) is 4.12. The molecule has 3 rings (SSSR count). The summed E-state index contributed by atoms with van der Waals surface area (Å²) in [6.45, 7) is 4.64. The summed E-state index contributed by atoms with van der Waals surface area (Å²) in [6, 6.07) is 0.326. The van der Waals surface area contributed by atoms with E-state index in [0.29, 0.717) is 17.4 Å². The molecule has 4 nitrogen and oxygen atoms in total. The zero-order valence-corrected chi connectivity index (χ0v) is 13.8. The Morgan fingerprint density at radius 3 is 2.81 bits per heavy atom. The lowest BCUT2D eigenvalue weighted by atomic mass is 9.71. The van der Waals surface area contributed by atoms with Gasteiger partial charge < -0.3 is 0 Å². The van der Waals surface area contributed by atoms with Gasteiger partial charge >= 0.3 is 0 Å². The Labute approximate surface area is 130 Å². The van der Waals surface area contributed by atoms with Crippen LogP contribution in [0.2, 0.25) is 0 Å². The van der Waals surface area contributed by atoms with Crippen molar-refractivity contribution in [1.29, 1.82) is 0 Å². The standard InChI is InChI=1S/C16H26N4S/c1-12(2)10-16(5-3-4-6-16)14(19-17)9-13-11-20-7-8-21-15(20)18-13/h7-8,11-12,14,19H,3-6,9-10,17H2,1-2H3. The molecule has 21 heavy (non-hydrogen) atoms. The molecule has 2 aromatic rings. The highest BCUT2D eigenvalue weighted by Gasteiger charge is 2.41. The zero-order valence-electron chi connectivity index (χ0n) is 13.0. The molecule has 0 radical (unpaired) electrons. The van der Waals surface area contributed by atoms with Crippen LogP contribution in [0.15, 0.2) is 17.8 Å². The average molecular weight is 306 g/mol. The summed E-state index contributed by atoms with van der Waals surface area (Å²) in [7, 11) is 0. The number of fused-ring (bicyclic) bond motifs is 1. The molecule has 0 saturated heterocycles. The predicted octanol–water partition coefficient (Wildman–Crippen LogP) is 3.38. The molecule has 2 aromatic heterocycles. The van der Waals surface area contributed by atoms with Crippen molar-refractivity contribution < 1.29 is 0 Å². The van der Waals surface area contributed by atoms with E-state index in [1.807, 2.05) is 0 Å². The topological polar surface area (TPSA) is 55.3 Å². The number of hydrogen-bond donors (Lipinski definition) is 2. The molecule has 0 spiro atoms. The van der Waals surface area contributed by atoms with Crippen molar-refractivity contribution in [3.05, 3.63) is 23.5 Å². The largest absolute Gasteiger partial charge is 0.297 e. The minimum absolute atomic E-state index is 0.326. The molecular formula is C16H26N4S. The highest BCUT2D eigenvalue weighted by molar-refractivity contribution is 7.15. The Hall–Kier alpha value is -0.910. The van der Waals surface area contributed by atoms with Gasteiger partial charge in [-0.1, -0.05) is 26.7 Å². The van der Waals surface area contributed by atoms with Crippen LogP contribution in [0.1, 0.15) is 51.6 Å². The number of imidazole rings is 1. The van der Waals surface area contributed by atoms with Crippen molar-refractivity contribution in [1.82, 2.24) is 14.8 Å². The van der Waals surface area contributed by atoms with Gasteiger partial charge in [0.05, 0.1) is 5.69 Å². The minimum Gasteiger partial charge on any atom is -0.297 e. The van der Waals surface area contributed by atoms with Crippen LogP contribution < -0.4 is 11.3 Å². The van der Waals surface area contributed by atoms with E-state index >= 15 is 0 Å². The summed E-state index contributed by atoms with van der Waals surface area (Å²) in [6.07, 6.45) is 11.7. The van der Waals surface area contributed by atoms with Crippen molar-refractivity contribution >= 4 is 16.3 Å². The van der Waals surface area contributed by atoms with Crippen LogP contribution in [0.4, 0.5) is 0 Å². The lowest BCUT2D eigenvalue weighted by Gasteiger charge is -2.38. The number of thiazole rings is 1. The van der Waals surface area contributed by atoms with E-state index in [2.05, 4.69) is 41.4 Å². The number of rotatable bonds is 6. The summed E-state index contributed by atoms with van der Waals surface area (Å²) in [5.41, 5.74) is 4.63. The van der Waals surface area contributed by atoms with Crippen LogP contribution in [0.5, 0.6) is 0 Å². The normalized spacial score (nSPS) is 19.6. The Morgan fingerprint density at radius 1 is 1.43 bits per heavy atom. The van der Waals surface area contributed by atoms with Gasteiger partial charge in [-0.2, -0.15) is 0 Å². The summed E-state index contributed by atoms with van der Waals surface area (Å²) in [5.74, 6) is 6.66. The second kappa shape index (κ2) is 6.07. The summed E-state index contributed by atoms with van der Waals surface area (Å²) in [5, 5.41) is 2.07. The molecule has 3 N–H and O–H groups in total. The van der Waals surface area contributed by atoms with E-state index in [4.69, 9.17) is 10.8 Å². The number of aromatic nitrogens is 2. The van der Waals surface area contributed by atoms with Gasteiger partial charge in [-0.25, -0.2) is 4.98 Å². The molecule has 0 aromatic carbocycles. The van der Waals surface area contributed by atoms with Crippen molar-refractivity contribution in [2.45, 2.75) is 58.4 Å². The third-order valence-electron chi connectivity index (χ3n) is 4.91. The first-order chi connectivity index (χ1) is 10.1. The van der Waals surface area contributed by atoms with E-state index in [1.54, 1.807) is 11.3 Å². The number of nitrogens with two attached hydrogens (primary N) is 1. The monoisotopic (exact) mass is 306 g/mol. The van der Waals surface area contributed by atoms with E-state index in [0.717, 1.165) is 17.1 Å². The first-order valence-electron chi connectivity index (χ1n) is 8.00. The predicted molar refractivity (Wildman–Crippen MR) is 88.2 cm³/mol. The van der Waals surface area contributed by atoms with Crippen LogP contribution in [-0.4, -0.2) is 15.4 Å². The van der Waals surface area contributed by atoms with Crippen LogP contribution in [0.25, 0.3) is 4.96 Å². The summed E-state index contributed by atoms with van der Waals surface area (Å²) >= 11 is 1.69. The maximum Gasteiger partial charge on any atom is 0.193 e. The molecule has 1 aliphatic rings. The van der Waals surface area contributed by atoms with Crippen molar-refractivity contribution in [3.63, 3.8) is 0 Å². The number of nitrogens with one attached hydrogen (secondary N) is 1. The minimum atomic E-state index is 0.326. The SMILES string of the molecule is CC(C)CC1(C(Cc2cn3ccsc3n2)NN)CCCC1. The van der Waals surface area contributed by atoms with Gasteiger partial charge in [0.2, 0.25) is 0 Å². The Balaban J connectivity index is 1.80. The van der Waals surface area contributed by atoms with Gasteiger partial charge in [-0.15, -0.1) is 11.3 Å². The van der Waals surface area contributed by atoms with Crippen LogP contribution >= 0.6 is 11.3 Å². The van der Waals surface area contributed by atoms with E-state index in [1.165, 1.54) is 32.1 Å². The number of nitrogens with zero attached hydrogens (tertiary/aromatic N) is 2. The van der Waals surface area contributed by atoms with Gasteiger partial charge in [0.1, 0.15) is 0 Å². The molecule has 0 bridgehead atoms. The quantitative estimate of drug-likeness (QED) is 0.635.